The Morgan fingerprint density at radius 3 is 2.53 bits per heavy atom. The standard InChI is InChI=1S/C25H32N2O3/c1-5-30-21-12-10-20(11-13-21)27-23(28)22-9-7-6-8-19(22)14-16-25(27,4)24(29)26-17-15-18(2)3/h6-13,18H,5,14-17H2,1-4H3,(H,26,29)/t25-/m0/s1. The van der Waals surface area contributed by atoms with Gasteiger partial charge in [0, 0.05) is 17.8 Å². The van der Waals surface area contributed by atoms with E-state index in [9.17, 15) is 9.59 Å². The second kappa shape index (κ2) is 9.33. The molecule has 160 valence electrons. The smallest absolute Gasteiger partial charge is 0.259 e. The maximum Gasteiger partial charge on any atom is 0.259 e. The SMILES string of the molecule is CCOc1ccc(N2C(=O)c3ccccc3CC[C@@]2(C)C(=O)NCCC(C)C)cc1. The number of fused-ring (bicyclic) bond motifs is 1. The topological polar surface area (TPSA) is 58.6 Å². The van der Waals surface area contributed by atoms with Crippen LogP contribution in [0.3, 0.4) is 0 Å². The number of amides is 2. The molecule has 2 amide bonds. The second-order valence-electron chi connectivity index (χ2n) is 8.44. The maximum atomic E-state index is 13.7. The van der Waals surface area contributed by atoms with Crippen molar-refractivity contribution in [3.05, 3.63) is 59.7 Å². The molecule has 1 atom stereocenters. The lowest BCUT2D eigenvalue weighted by atomic mass is 9.91. The number of ether oxygens (including phenoxy) is 1. The number of nitrogens with zero attached hydrogens (tertiary/aromatic N) is 1. The van der Waals surface area contributed by atoms with Crippen molar-refractivity contribution in [3.63, 3.8) is 0 Å². The van der Waals surface area contributed by atoms with Crippen molar-refractivity contribution in [3.8, 4) is 5.75 Å². The Morgan fingerprint density at radius 2 is 1.87 bits per heavy atom. The Hall–Kier alpha value is -2.82. The summed E-state index contributed by atoms with van der Waals surface area (Å²) in [4.78, 5) is 28.7. The van der Waals surface area contributed by atoms with Crippen molar-refractivity contribution in [2.45, 2.75) is 52.5 Å². The first-order valence-corrected chi connectivity index (χ1v) is 10.8. The van der Waals surface area contributed by atoms with Gasteiger partial charge in [-0.1, -0.05) is 32.0 Å². The van der Waals surface area contributed by atoms with E-state index in [2.05, 4.69) is 19.2 Å². The molecule has 0 fully saturated rings. The summed E-state index contributed by atoms with van der Waals surface area (Å²) >= 11 is 0. The number of nitrogens with one attached hydrogen (secondary N) is 1. The van der Waals surface area contributed by atoms with Gasteiger partial charge in [-0.15, -0.1) is 0 Å². The monoisotopic (exact) mass is 408 g/mol. The van der Waals surface area contributed by atoms with Crippen molar-refractivity contribution in [1.82, 2.24) is 5.32 Å². The maximum absolute atomic E-state index is 13.7. The normalized spacial score (nSPS) is 18.7. The molecule has 0 unspecified atom stereocenters. The van der Waals surface area contributed by atoms with Crippen LogP contribution in [0.1, 0.15) is 56.5 Å². The van der Waals surface area contributed by atoms with E-state index < -0.39 is 5.54 Å². The van der Waals surface area contributed by atoms with E-state index in [-0.39, 0.29) is 11.8 Å². The first kappa shape index (κ1) is 21.9. The van der Waals surface area contributed by atoms with Crippen LogP contribution in [-0.2, 0) is 11.2 Å². The first-order chi connectivity index (χ1) is 14.4. The largest absolute Gasteiger partial charge is 0.494 e. The highest BCUT2D eigenvalue weighted by molar-refractivity contribution is 6.12. The van der Waals surface area contributed by atoms with Crippen molar-refractivity contribution in [2.75, 3.05) is 18.1 Å². The summed E-state index contributed by atoms with van der Waals surface area (Å²) in [5.74, 6) is 0.985. The van der Waals surface area contributed by atoms with Crippen LogP contribution in [0.15, 0.2) is 48.5 Å². The summed E-state index contributed by atoms with van der Waals surface area (Å²) in [7, 11) is 0. The Bertz CT molecular complexity index is 892. The zero-order valence-corrected chi connectivity index (χ0v) is 18.4. The number of hydrogen-bond donors (Lipinski definition) is 1. The number of carbonyl (C=O) groups excluding carboxylic acids is 2. The third-order valence-corrected chi connectivity index (χ3v) is 5.73. The van der Waals surface area contributed by atoms with Gasteiger partial charge in [-0.25, -0.2) is 0 Å². The van der Waals surface area contributed by atoms with Gasteiger partial charge in [-0.2, -0.15) is 0 Å². The third kappa shape index (κ3) is 4.50. The van der Waals surface area contributed by atoms with E-state index in [1.165, 1.54) is 0 Å². The summed E-state index contributed by atoms with van der Waals surface area (Å²) in [6, 6.07) is 15.1. The molecule has 0 saturated heterocycles. The summed E-state index contributed by atoms with van der Waals surface area (Å²) in [6.45, 7) is 9.24. The molecule has 1 N–H and O–H groups in total. The first-order valence-electron chi connectivity index (χ1n) is 10.8. The Labute approximate surface area is 179 Å². The van der Waals surface area contributed by atoms with Gasteiger partial charge in [0.15, 0.2) is 0 Å². The summed E-state index contributed by atoms with van der Waals surface area (Å²) < 4.78 is 5.55. The van der Waals surface area contributed by atoms with Crippen LogP contribution in [0.5, 0.6) is 5.75 Å². The van der Waals surface area contributed by atoms with Gasteiger partial charge in [-0.05, 0) is 74.9 Å². The third-order valence-electron chi connectivity index (χ3n) is 5.73. The molecule has 0 spiro atoms. The van der Waals surface area contributed by atoms with Gasteiger partial charge in [-0.3, -0.25) is 14.5 Å². The minimum absolute atomic E-state index is 0.113. The fourth-order valence-corrected chi connectivity index (χ4v) is 3.92. The molecule has 5 nitrogen and oxygen atoms in total. The van der Waals surface area contributed by atoms with Crippen LogP contribution in [-0.4, -0.2) is 30.5 Å². The Morgan fingerprint density at radius 1 is 1.17 bits per heavy atom. The van der Waals surface area contributed by atoms with Gasteiger partial charge >= 0.3 is 0 Å². The number of anilines is 1. The predicted molar refractivity (Wildman–Crippen MR) is 120 cm³/mol. The number of aryl methyl sites for hydroxylation is 1. The van der Waals surface area contributed by atoms with E-state index in [0.29, 0.717) is 43.2 Å². The molecular weight excluding hydrogens is 376 g/mol. The molecule has 2 aromatic carbocycles. The van der Waals surface area contributed by atoms with Crippen LogP contribution in [0, 0.1) is 5.92 Å². The number of rotatable bonds is 7. The van der Waals surface area contributed by atoms with E-state index in [1.807, 2.05) is 62.4 Å². The lowest BCUT2D eigenvalue weighted by molar-refractivity contribution is -0.126. The van der Waals surface area contributed by atoms with Gasteiger partial charge in [0.25, 0.3) is 5.91 Å². The van der Waals surface area contributed by atoms with E-state index in [1.54, 1.807) is 4.90 Å². The highest BCUT2D eigenvalue weighted by Gasteiger charge is 2.45. The molecule has 2 aromatic rings. The lowest BCUT2D eigenvalue weighted by Crippen LogP contribution is -2.59. The number of hydrogen-bond acceptors (Lipinski definition) is 3. The Kier molecular flexibility index (Phi) is 6.80. The van der Waals surface area contributed by atoms with Crippen molar-refractivity contribution < 1.29 is 14.3 Å². The van der Waals surface area contributed by atoms with Crippen LogP contribution in [0.4, 0.5) is 5.69 Å². The van der Waals surface area contributed by atoms with Crippen LogP contribution in [0.25, 0.3) is 0 Å². The highest BCUT2D eigenvalue weighted by atomic mass is 16.5. The highest BCUT2D eigenvalue weighted by Crippen LogP contribution is 2.35. The molecule has 0 bridgehead atoms. The average Bonchev–Trinajstić information content (AvgIpc) is 2.84. The van der Waals surface area contributed by atoms with Crippen LogP contribution < -0.4 is 15.0 Å². The van der Waals surface area contributed by atoms with Crippen molar-refractivity contribution in [1.29, 1.82) is 0 Å². The van der Waals surface area contributed by atoms with Gasteiger partial charge in [0.1, 0.15) is 11.3 Å². The van der Waals surface area contributed by atoms with E-state index >= 15 is 0 Å². The van der Waals surface area contributed by atoms with Gasteiger partial charge in [0.2, 0.25) is 5.91 Å². The fraction of sp³-hybridized carbons (Fsp3) is 0.440. The average molecular weight is 409 g/mol. The van der Waals surface area contributed by atoms with Crippen LogP contribution >= 0.6 is 0 Å². The lowest BCUT2D eigenvalue weighted by Gasteiger charge is -2.39. The molecule has 1 heterocycles. The van der Waals surface area contributed by atoms with E-state index in [0.717, 1.165) is 17.7 Å². The van der Waals surface area contributed by atoms with Crippen LogP contribution in [0.2, 0.25) is 0 Å². The van der Waals surface area contributed by atoms with Crippen molar-refractivity contribution in [2.24, 2.45) is 5.92 Å². The quantitative estimate of drug-likeness (QED) is 0.728. The Balaban J connectivity index is 2.00. The minimum atomic E-state index is -0.986. The molecule has 1 aliphatic rings. The molecule has 0 aliphatic carbocycles. The molecule has 5 heteroatoms. The predicted octanol–water partition coefficient (Wildman–Crippen LogP) is 4.60. The molecule has 0 aromatic heterocycles. The van der Waals surface area contributed by atoms with Gasteiger partial charge < -0.3 is 10.1 Å². The summed E-state index contributed by atoms with van der Waals surface area (Å²) in [5, 5.41) is 3.07. The molecular formula is C25H32N2O3. The molecule has 3 rings (SSSR count). The summed E-state index contributed by atoms with van der Waals surface area (Å²) in [5.41, 5.74) is 1.35. The molecule has 0 saturated carbocycles. The van der Waals surface area contributed by atoms with Gasteiger partial charge in [0.05, 0.1) is 6.61 Å². The zero-order chi connectivity index (χ0) is 21.7. The molecule has 1 aliphatic heterocycles. The van der Waals surface area contributed by atoms with Crippen molar-refractivity contribution >= 4 is 17.5 Å². The number of benzene rings is 2. The number of carbonyl (C=O) groups is 2. The molecule has 30 heavy (non-hydrogen) atoms. The van der Waals surface area contributed by atoms with E-state index in [4.69, 9.17) is 4.74 Å². The second-order valence-corrected chi connectivity index (χ2v) is 8.44. The zero-order valence-electron chi connectivity index (χ0n) is 18.4. The summed E-state index contributed by atoms with van der Waals surface area (Å²) in [6.07, 6.45) is 2.12. The minimum Gasteiger partial charge on any atom is -0.494 e. The molecule has 0 radical (unpaired) electrons. The fourth-order valence-electron chi connectivity index (χ4n) is 3.92.